The van der Waals surface area contributed by atoms with E-state index in [1.165, 1.54) is 0 Å². The fraction of sp³-hybridized carbons (Fsp3) is 0.500. The van der Waals surface area contributed by atoms with Crippen molar-refractivity contribution in [1.29, 1.82) is 0 Å². The van der Waals surface area contributed by atoms with E-state index >= 15 is 0 Å². The van der Waals surface area contributed by atoms with Gasteiger partial charge in [-0.25, -0.2) is 4.98 Å². The number of nitrogens with zero attached hydrogens (tertiary/aromatic N) is 2. The molecule has 1 atom stereocenters. The molecule has 0 radical (unpaired) electrons. The highest BCUT2D eigenvalue weighted by Crippen LogP contribution is 2.24. The average Bonchev–Trinajstić information content (AvgIpc) is 2.16. The summed E-state index contributed by atoms with van der Waals surface area (Å²) in [4.78, 5) is 6.24. The van der Waals surface area contributed by atoms with Crippen LogP contribution in [-0.4, -0.2) is 36.6 Å². The number of hydrogen-bond donors (Lipinski definition) is 1. The number of pyridine rings is 1. The quantitative estimate of drug-likeness (QED) is 0.768. The summed E-state index contributed by atoms with van der Waals surface area (Å²) >= 11 is 11.8. The van der Waals surface area contributed by atoms with Gasteiger partial charge in [-0.2, -0.15) is 0 Å². The molecule has 0 aromatic carbocycles. The lowest BCUT2D eigenvalue weighted by atomic mass is 10.1. The molecule has 3 nitrogen and oxygen atoms in total. The van der Waals surface area contributed by atoms with E-state index in [1.807, 2.05) is 12.1 Å². The summed E-state index contributed by atoms with van der Waals surface area (Å²) in [6, 6.07) is 4.08. The lowest BCUT2D eigenvalue weighted by Gasteiger charge is -2.33. The Balaban J connectivity index is 2.27. The van der Waals surface area contributed by atoms with Gasteiger partial charge in [-0.15, -0.1) is 0 Å². The maximum atomic E-state index is 5.88. The van der Waals surface area contributed by atoms with Crippen molar-refractivity contribution in [1.82, 2.24) is 15.2 Å². The third kappa shape index (κ3) is 2.61. The van der Waals surface area contributed by atoms with Gasteiger partial charge in [0.05, 0.1) is 0 Å². The normalized spacial score (nSPS) is 23.0. The molecule has 0 amide bonds. The van der Waals surface area contributed by atoms with Crippen LogP contribution in [0.1, 0.15) is 11.6 Å². The second kappa shape index (κ2) is 4.66. The molecule has 82 valence electrons. The summed E-state index contributed by atoms with van der Waals surface area (Å²) in [5.41, 5.74) is 1.12. The molecule has 15 heavy (non-hydrogen) atoms. The van der Waals surface area contributed by atoms with Crippen LogP contribution in [0.5, 0.6) is 0 Å². The van der Waals surface area contributed by atoms with Gasteiger partial charge in [0.25, 0.3) is 0 Å². The largest absolute Gasteiger partial charge is 0.314 e. The zero-order chi connectivity index (χ0) is 10.8. The number of rotatable bonds is 1. The Morgan fingerprint density at radius 1 is 1.40 bits per heavy atom. The number of nitrogens with one attached hydrogen (secondary N) is 1. The summed E-state index contributed by atoms with van der Waals surface area (Å²) in [6.45, 7) is 2.98. The molecule has 0 bridgehead atoms. The van der Waals surface area contributed by atoms with Crippen LogP contribution >= 0.6 is 23.2 Å². The molecular formula is C10H13Cl2N3. The van der Waals surface area contributed by atoms with E-state index in [-0.39, 0.29) is 0 Å². The first-order valence-electron chi connectivity index (χ1n) is 4.91. The van der Waals surface area contributed by atoms with Gasteiger partial charge in [0, 0.05) is 25.7 Å². The summed E-state index contributed by atoms with van der Waals surface area (Å²) in [5, 5.41) is 4.26. The standard InChI is InChI=1S/C10H13Cl2N3/c1-15-3-2-13-6-8(15)7-4-9(11)14-10(12)5-7/h4-5,8,13H,2-3,6H2,1H3. The van der Waals surface area contributed by atoms with Crippen molar-refractivity contribution in [3.05, 3.63) is 28.0 Å². The predicted molar refractivity (Wildman–Crippen MR) is 62.5 cm³/mol. The SMILES string of the molecule is CN1CCNCC1c1cc(Cl)nc(Cl)c1. The predicted octanol–water partition coefficient (Wildman–Crippen LogP) is 1.96. The van der Waals surface area contributed by atoms with Crippen LogP contribution in [0.4, 0.5) is 0 Å². The third-order valence-corrected chi connectivity index (χ3v) is 3.07. The molecular weight excluding hydrogens is 233 g/mol. The molecule has 1 saturated heterocycles. The lowest BCUT2D eigenvalue weighted by Crippen LogP contribution is -2.43. The Bertz CT molecular complexity index is 336. The van der Waals surface area contributed by atoms with E-state index in [2.05, 4.69) is 22.2 Å². The number of hydrogen-bond acceptors (Lipinski definition) is 3. The number of piperazine rings is 1. The van der Waals surface area contributed by atoms with Crippen LogP contribution in [0.3, 0.4) is 0 Å². The summed E-state index contributed by atoms with van der Waals surface area (Å²) < 4.78 is 0. The number of halogens is 2. The molecule has 1 aromatic rings. The summed E-state index contributed by atoms with van der Waals surface area (Å²) in [7, 11) is 2.10. The monoisotopic (exact) mass is 245 g/mol. The van der Waals surface area contributed by atoms with Crippen LogP contribution in [0.15, 0.2) is 12.1 Å². The van der Waals surface area contributed by atoms with Gasteiger partial charge >= 0.3 is 0 Å². The summed E-state index contributed by atoms with van der Waals surface area (Å²) in [5.74, 6) is 0. The average molecular weight is 246 g/mol. The van der Waals surface area contributed by atoms with E-state index in [0.29, 0.717) is 16.3 Å². The highest BCUT2D eigenvalue weighted by Gasteiger charge is 2.21. The lowest BCUT2D eigenvalue weighted by molar-refractivity contribution is 0.202. The van der Waals surface area contributed by atoms with Gasteiger partial charge in [0.2, 0.25) is 0 Å². The smallest absolute Gasteiger partial charge is 0.131 e. The van der Waals surface area contributed by atoms with E-state index < -0.39 is 0 Å². The fourth-order valence-electron chi connectivity index (χ4n) is 1.85. The molecule has 1 aromatic heterocycles. The maximum Gasteiger partial charge on any atom is 0.131 e. The Kier molecular flexibility index (Phi) is 3.46. The van der Waals surface area contributed by atoms with Gasteiger partial charge in [-0.05, 0) is 24.7 Å². The van der Waals surface area contributed by atoms with Crippen LogP contribution in [-0.2, 0) is 0 Å². The van der Waals surface area contributed by atoms with Crippen LogP contribution < -0.4 is 5.32 Å². The van der Waals surface area contributed by atoms with Crippen LogP contribution in [0.25, 0.3) is 0 Å². The highest BCUT2D eigenvalue weighted by atomic mass is 35.5. The van der Waals surface area contributed by atoms with Crippen LogP contribution in [0.2, 0.25) is 10.3 Å². The first kappa shape index (κ1) is 11.1. The fourth-order valence-corrected chi connectivity index (χ4v) is 2.33. The molecule has 2 heterocycles. The Morgan fingerprint density at radius 2 is 2.07 bits per heavy atom. The van der Waals surface area contributed by atoms with Gasteiger partial charge in [0.15, 0.2) is 0 Å². The van der Waals surface area contributed by atoms with Crippen LogP contribution in [0, 0.1) is 0 Å². The molecule has 1 aliphatic heterocycles. The molecule has 1 fully saturated rings. The molecule has 0 saturated carbocycles. The van der Waals surface area contributed by atoms with Crippen molar-refractivity contribution in [2.24, 2.45) is 0 Å². The molecule has 1 N–H and O–H groups in total. The van der Waals surface area contributed by atoms with Crippen molar-refractivity contribution >= 4 is 23.2 Å². The Morgan fingerprint density at radius 3 is 2.67 bits per heavy atom. The number of likely N-dealkylation sites (N-methyl/N-ethyl adjacent to an activating group) is 1. The third-order valence-electron chi connectivity index (χ3n) is 2.68. The minimum absolute atomic E-state index is 0.330. The summed E-state index contributed by atoms with van der Waals surface area (Å²) in [6.07, 6.45) is 0. The minimum atomic E-state index is 0.330. The Labute approximate surface area is 99.4 Å². The van der Waals surface area contributed by atoms with Crippen molar-refractivity contribution < 1.29 is 0 Å². The van der Waals surface area contributed by atoms with E-state index in [9.17, 15) is 0 Å². The highest BCUT2D eigenvalue weighted by molar-refractivity contribution is 6.32. The van der Waals surface area contributed by atoms with Gasteiger partial charge in [0.1, 0.15) is 10.3 Å². The number of aromatic nitrogens is 1. The van der Waals surface area contributed by atoms with Gasteiger partial charge in [-0.3, -0.25) is 4.90 Å². The first-order chi connectivity index (χ1) is 7.16. The van der Waals surface area contributed by atoms with Crippen molar-refractivity contribution in [2.45, 2.75) is 6.04 Å². The topological polar surface area (TPSA) is 28.2 Å². The van der Waals surface area contributed by atoms with E-state index in [4.69, 9.17) is 23.2 Å². The van der Waals surface area contributed by atoms with E-state index in [0.717, 1.165) is 25.2 Å². The molecule has 5 heteroatoms. The second-order valence-corrected chi connectivity index (χ2v) is 4.52. The second-order valence-electron chi connectivity index (χ2n) is 3.75. The van der Waals surface area contributed by atoms with Gasteiger partial charge in [-0.1, -0.05) is 23.2 Å². The molecule has 1 aliphatic rings. The van der Waals surface area contributed by atoms with Crippen molar-refractivity contribution in [3.8, 4) is 0 Å². The zero-order valence-electron chi connectivity index (χ0n) is 8.50. The molecule has 0 aliphatic carbocycles. The van der Waals surface area contributed by atoms with Gasteiger partial charge < -0.3 is 5.32 Å². The zero-order valence-corrected chi connectivity index (χ0v) is 10.0. The molecule has 2 rings (SSSR count). The Hall–Kier alpha value is -0.350. The maximum absolute atomic E-state index is 5.88. The molecule has 1 unspecified atom stereocenters. The minimum Gasteiger partial charge on any atom is -0.314 e. The first-order valence-corrected chi connectivity index (χ1v) is 5.66. The van der Waals surface area contributed by atoms with Crippen molar-refractivity contribution in [2.75, 3.05) is 26.7 Å². The van der Waals surface area contributed by atoms with Crippen molar-refractivity contribution in [3.63, 3.8) is 0 Å². The van der Waals surface area contributed by atoms with E-state index in [1.54, 1.807) is 0 Å². The molecule has 0 spiro atoms.